The van der Waals surface area contributed by atoms with E-state index in [1.165, 1.54) is 4.90 Å². The highest BCUT2D eigenvalue weighted by Crippen LogP contribution is 2.60. The third kappa shape index (κ3) is 7.68. The Morgan fingerprint density at radius 1 is 0.964 bits per heavy atom. The van der Waals surface area contributed by atoms with Gasteiger partial charge in [-0.1, -0.05) is 72.8 Å². The minimum absolute atomic E-state index is 0.0329. The lowest BCUT2D eigenvalue weighted by Crippen LogP contribution is -2.57. The van der Waals surface area contributed by atoms with Gasteiger partial charge in [0.1, 0.15) is 17.7 Å². The minimum Gasteiger partial charge on any atom is -0.455 e. The van der Waals surface area contributed by atoms with Gasteiger partial charge in [0.15, 0.2) is 0 Å². The predicted molar refractivity (Wildman–Crippen MR) is 211 cm³/mol. The molecule has 2 bridgehead atoms. The number of rotatable bonds is 18. The normalized spacial score (nSPS) is 23.4. The Kier molecular flexibility index (Phi) is 12.5. The average molecular weight is 749 g/mol. The Morgan fingerprint density at radius 2 is 1.60 bits per heavy atom. The lowest BCUT2D eigenvalue weighted by atomic mass is 9.70. The quantitative estimate of drug-likeness (QED) is 0.129. The number of benzene rings is 3. The first kappa shape index (κ1) is 39.4. The first-order valence-corrected chi connectivity index (χ1v) is 19.3. The number of esters is 1. The molecule has 55 heavy (non-hydrogen) atoms. The smallest absolute Gasteiger partial charge is 0.313 e. The van der Waals surface area contributed by atoms with Crippen molar-refractivity contribution in [2.45, 2.75) is 69.4 Å². The van der Waals surface area contributed by atoms with Crippen molar-refractivity contribution in [1.82, 2.24) is 10.2 Å². The molecule has 3 amide bonds. The number of likely N-dealkylation sites (tertiary alicyclic amines) is 1. The van der Waals surface area contributed by atoms with E-state index in [1.807, 2.05) is 84.9 Å². The first-order valence-electron chi connectivity index (χ1n) is 19.3. The number of amides is 3. The number of carbonyl (C=O) groups is 4. The fourth-order valence-electron chi connectivity index (χ4n) is 8.68. The van der Waals surface area contributed by atoms with E-state index in [0.717, 1.165) is 18.8 Å². The molecule has 0 aromatic heterocycles. The maximum Gasteiger partial charge on any atom is 0.313 e. The standard InChI is InChI=1S/C44H52N4O7/c1-5-9-20-37(50)45-28-36(31-18-14-11-15-19-31)54-43(53)38-35-25-26-44(55-35)39(38)41(51)48(34(29-49)30-16-12-10-13-17-30)40(44)42(52)47(27-6-2)33-23-21-32(22-24-33)46(7-3)8-4/h5-6,10-19,21-24,34-36,38-40,49H,1-2,7-9,20,25-29H2,3-4H3,(H,45,50)/t34-,35+,36-,38-,39-,40+,44-/m1/s1. The highest BCUT2D eigenvalue weighted by Gasteiger charge is 2.76. The summed E-state index contributed by atoms with van der Waals surface area (Å²) in [7, 11) is 0. The van der Waals surface area contributed by atoms with Gasteiger partial charge < -0.3 is 34.6 Å². The summed E-state index contributed by atoms with van der Waals surface area (Å²) in [6.07, 6.45) is 3.36. The number of aliphatic hydroxyl groups excluding tert-OH is 1. The van der Waals surface area contributed by atoms with Crippen LogP contribution < -0.4 is 15.1 Å². The van der Waals surface area contributed by atoms with Crippen molar-refractivity contribution in [3.63, 3.8) is 0 Å². The molecule has 11 nitrogen and oxygen atoms in total. The number of hydrogen-bond donors (Lipinski definition) is 2. The Hall–Kier alpha value is -5.26. The molecule has 7 atom stereocenters. The van der Waals surface area contributed by atoms with Gasteiger partial charge in [-0.15, -0.1) is 13.2 Å². The molecular weight excluding hydrogens is 697 g/mol. The van der Waals surface area contributed by atoms with Gasteiger partial charge in [-0.05, 0) is 68.5 Å². The van der Waals surface area contributed by atoms with E-state index in [2.05, 4.69) is 37.2 Å². The molecular formula is C44H52N4O7. The molecule has 3 saturated heterocycles. The first-order chi connectivity index (χ1) is 26.7. The van der Waals surface area contributed by atoms with Crippen molar-refractivity contribution < 1.29 is 33.8 Å². The molecule has 0 radical (unpaired) electrons. The van der Waals surface area contributed by atoms with E-state index >= 15 is 9.59 Å². The number of allylic oxidation sites excluding steroid dienone is 1. The molecule has 0 saturated carbocycles. The molecule has 3 aliphatic rings. The summed E-state index contributed by atoms with van der Waals surface area (Å²) in [6.45, 7) is 13.2. The number of fused-ring (bicyclic) bond motifs is 1. The van der Waals surface area contributed by atoms with Gasteiger partial charge >= 0.3 is 5.97 Å². The summed E-state index contributed by atoms with van der Waals surface area (Å²) < 4.78 is 13.0. The zero-order chi connectivity index (χ0) is 39.1. The number of anilines is 2. The topological polar surface area (TPSA) is 129 Å². The van der Waals surface area contributed by atoms with Crippen LogP contribution in [0.25, 0.3) is 0 Å². The van der Waals surface area contributed by atoms with E-state index in [9.17, 15) is 14.7 Å². The molecule has 3 heterocycles. The molecule has 1 spiro atoms. The SMILES string of the molecule is C=CCCC(=O)NC[C@@H](OC(=O)[C@@H]1[C@@H]2CC[C@]3(O2)[C@H](C(=O)N(CC=C)c2ccc(N(CC)CC)cc2)N([C@H](CO)c2ccccc2)C(=O)[C@@H]13)c1ccccc1. The van der Waals surface area contributed by atoms with Crippen LogP contribution in [0.5, 0.6) is 0 Å². The molecule has 11 heteroatoms. The molecule has 6 rings (SSSR count). The van der Waals surface area contributed by atoms with Crippen LogP contribution in [-0.2, 0) is 28.7 Å². The fraction of sp³-hybridized carbons (Fsp3) is 0.409. The molecule has 3 aromatic carbocycles. The summed E-state index contributed by atoms with van der Waals surface area (Å²) >= 11 is 0. The second kappa shape index (κ2) is 17.5. The number of carbonyl (C=O) groups excluding carboxylic acids is 4. The van der Waals surface area contributed by atoms with Crippen LogP contribution in [0.3, 0.4) is 0 Å². The summed E-state index contributed by atoms with van der Waals surface area (Å²) in [5, 5.41) is 13.8. The second-order valence-electron chi connectivity index (χ2n) is 14.3. The molecule has 0 unspecified atom stereocenters. The van der Waals surface area contributed by atoms with Gasteiger partial charge in [0, 0.05) is 37.4 Å². The van der Waals surface area contributed by atoms with Crippen LogP contribution in [0, 0.1) is 11.8 Å². The third-order valence-corrected chi connectivity index (χ3v) is 11.3. The lowest BCUT2D eigenvalue weighted by Gasteiger charge is -2.39. The highest BCUT2D eigenvalue weighted by molar-refractivity contribution is 6.05. The lowest BCUT2D eigenvalue weighted by molar-refractivity contribution is -0.161. The third-order valence-electron chi connectivity index (χ3n) is 11.3. The summed E-state index contributed by atoms with van der Waals surface area (Å²) in [5.41, 5.74) is 1.62. The number of hydrogen-bond acceptors (Lipinski definition) is 8. The Balaban J connectivity index is 1.37. The van der Waals surface area contributed by atoms with Gasteiger partial charge in [-0.2, -0.15) is 0 Å². The molecule has 2 N–H and O–H groups in total. The monoisotopic (exact) mass is 748 g/mol. The number of nitrogens with zero attached hydrogens (tertiary/aromatic N) is 3. The van der Waals surface area contributed by atoms with Crippen molar-refractivity contribution in [2.24, 2.45) is 11.8 Å². The summed E-state index contributed by atoms with van der Waals surface area (Å²) in [6, 6.07) is 23.9. The maximum absolute atomic E-state index is 15.2. The zero-order valence-corrected chi connectivity index (χ0v) is 31.7. The van der Waals surface area contributed by atoms with Crippen LogP contribution in [-0.4, -0.2) is 84.2 Å². The second-order valence-corrected chi connectivity index (χ2v) is 14.3. The minimum atomic E-state index is -1.35. The zero-order valence-electron chi connectivity index (χ0n) is 31.7. The average Bonchev–Trinajstić information content (AvgIpc) is 3.86. The van der Waals surface area contributed by atoms with Crippen molar-refractivity contribution in [2.75, 3.05) is 42.6 Å². The van der Waals surface area contributed by atoms with Crippen molar-refractivity contribution in [3.8, 4) is 0 Å². The largest absolute Gasteiger partial charge is 0.455 e. The molecule has 3 aromatic rings. The number of nitrogens with one attached hydrogen (secondary N) is 1. The Morgan fingerprint density at radius 3 is 2.20 bits per heavy atom. The van der Waals surface area contributed by atoms with Crippen LogP contribution in [0.15, 0.2) is 110 Å². The molecule has 0 aliphatic carbocycles. The van der Waals surface area contributed by atoms with Crippen LogP contribution in [0.2, 0.25) is 0 Å². The van der Waals surface area contributed by atoms with Crippen molar-refractivity contribution >= 4 is 35.1 Å². The van der Waals surface area contributed by atoms with Gasteiger partial charge in [0.25, 0.3) is 5.91 Å². The van der Waals surface area contributed by atoms with Gasteiger partial charge in [0.05, 0.1) is 37.1 Å². The van der Waals surface area contributed by atoms with E-state index < -0.39 is 60.2 Å². The van der Waals surface area contributed by atoms with Gasteiger partial charge in [-0.25, -0.2) is 0 Å². The highest BCUT2D eigenvalue weighted by atomic mass is 16.6. The number of ether oxygens (including phenoxy) is 2. The van der Waals surface area contributed by atoms with Crippen LogP contribution in [0.1, 0.15) is 62.8 Å². The Labute approximate surface area is 323 Å². The van der Waals surface area contributed by atoms with Crippen molar-refractivity contribution in [1.29, 1.82) is 0 Å². The van der Waals surface area contributed by atoms with E-state index in [-0.39, 0.29) is 31.3 Å². The van der Waals surface area contributed by atoms with Gasteiger partial charge in [-0.3, -0.25) is 19.2 Å². The Bertz CT molecular complexity index is 1830. The van der Waals surface area contributed by atoms with Crippen LogP contribution in [0.4, 0.5) is 11.4 Å². The molecule has 290 valence electrons. The maximum atomic E-state index is 15.2. The number of aliphatic hydroxyl groups is 1. The summed E-state index contributed by atoms with van der Waals surface area (Å²) in [4.78, 5) is 62.5. The fourth-order valence-corrected chi connectivity index (χ4v) is 8.68. The van der Waals surface area contributed by atoms with Crippen molar-refractivity contribution in [3.05, 3.63) is 121 Å². The molecule has 3 aliphatic heterocycles. The van der Waals surface area contributed by atoms with E-state index in [0.29, 0.717) is 36.1 Å². The predicted octanol–water partition coefficient (Wildman–Crippen LogP) is 5.53. The van der Waals surface area contributed by atoms with E-state index in [4.69, 9.17) is 9.47 Å². The summed E-state index contributed by atoms with van der Waals surface area (Å²) in [5.74, 6) is -3.73. The van der Waals surface area contributed by atoms with Gasteiger partial charge in [0.2, 0.25) is 11.8 Å². The molecule has 3 fully saturated rings. The van der Waals surface area contributed by atoms with Crippen LogP contribution >= 0.6 is 0 Å². The van der Waals surface area contributed by atoms with E-state index in [1.54, 1.807) is 17.1 Å².